The molecule has 18 heavy (non-hydrogen) atoms. The number of fused-ring (bicyclic) bond motifs is 1. The summed E-state index contributed by atoms with van der Waals surface area (Å²) in [4.78, 5) is 13.6. The number of aromatic hydroxyl groups is 1. The van der Waals surface area contributed by atoms with Crippen LogP contribution in [0.25, 0.3) is 0 Å². The van der Waals surface area contributed by atoms with Crippen LogP contribution in [-0.2, 0) is 11.2 Å². The summed E-state index contributed by atoms with van der Waals surface area (Å²) in [7, 11) is 0. The molecule has 2 rings (SSSR count). The Kier molecular flexibility index (Phi) is 6.79. The van der Waals surface area contributed by atoms with Crippen LogP contribution < -0.4 is 66.7 Å². The summed E-state index contributed by atoms with van der Waals surface area (Å²) in [5.74, 6) is 0.186. The Balaban J connectivity index is 0.00000162. The number of nitrogens with one attached hydrogen (secondary N) is 1. The number of anilines is 1. The van der Waals surface area contributed by atoms with Crippen LogP contribution in [0.2, 0.25) is 0 Å². The number of phenolic OH excluding ortho intramolecular Hbond substituents is 1. The van der Waals surface area contributed by atoms with Crippen molar-refractivity contribution >= 4 is 11.6 Å². The fourth-order valence-electron chi connectivity index (χ4n) is 2.01. The molecule has 1 aliphatic heterocycles. The average molecular weight is 274 g/mol. The maximum atomic E-state index is 11.9. The quantitative estimate of drug-likeness (QED) is 0.437. The van der Waals surface area contributed by atoms with Crippen LogP contribution in [0.15, 0.2) is 18.2 Å². The average Bonchev–Trinajstić information content (AvgIpc) is 2.72. The number of phenols is 1. The standard InChI is InChI=1S/C12H15N2O3.K/c15-6-4-13-8-12(17)14-5-3-9-7-10(16)1-2-11(9)14;/h1-2,7,13,16H,3-6,8H2;/q-1;+1. The maximum Gasteiger partial charge on any atom is 1.00 e. The number of rotatable bonds is 4. The molecular weight excluding hydrogens is 259 g/mol. The summed E-state index contributed by atoms with van der Waals surface area (Å²) in [6, 6.07) is 5.02. The van der Waals surface area contributed by atoms with Crippen molar-refractivity contribution < 1.29 is 66.4 Å². The van der Waals surface area contributed by atoms with Gasteiger partial charge in [-0.25, -0.2) is 0 Å². The fourth-order valence-corrected chi connectivity index (χ4v) is 2.01. The van der Waals surface area contributed by atoms with Gasteiger partial charge < -0.3 is 20.4 Å². The Hall–Kier alpha value is 0.0464. The maximum absolute atomic E-state index is 11.9. The summed E-state index contributed by atoms with van der Waals surface area (Å²) in [6.07, 6.45) is 0.761. The largest absolute Gasteiger partial charge is 1.00 e. The molecule has 0 bridgehead atoms. The van der Waals surface area contributed by atoms with Crippen LogP contribution in [0.3, 0.4) is 0 Å². The van der Waals surface area contributed by atoms with Crippen LogP contribution in [0, 0.1) is 0 Å². The molecule has 0 atom stereocenters. The molecule has 5 nitrogen and oxygen atoms in total. The Morgan fingerprint density at radius 1 is 1.50 bits per heavy atom. The molecule has 0 fully saturated rings. The van der Waals surface area contributed by atoms with Crippen molar-refractivity contribution in [1.29, 1.82) is 0 Å². The molecule has 1 aromatic rings. The van der Waals surface area contributed by atoms with Crippen LogP contribution in [-0.4, -0.2) is 37.3 Å². The minimum atomic E-state index is -0.224. The van der Waals surface area contributed by atoms with Gasteiger partial charge in [-0.3, -0.25) is 4.79 Å². The second-order valence-electron chi connectivity index (χ2n) is 3.99. The van der Waals surface area contributed by atoms with Gasteiger partial charge in [0.1, 0.15) is 5.75 Å². The van der Waals surface area contributed by atoms with E-state index in [9.17, 15) is 15.0 Å². The van der Waals surface area contributed by atoms with Gasteiger partial charge in [-0.15, -0.1) is 6.61 Å². The molecule has 6 heteroatoms. The summed E-state index contributed by atoms with van der Waals surface area (Å²) in [5, 5.41) is 22.4. The van der Waals surface area contributed by atoms with Crippen LogP contribution in [0.1, 0.15) is 5.56 Å². The monoisotopic (exact) mass is 274 g/mol. The molecule has 0 saturated heterocycles. The number of nitrogens with zero attached hydrogens (tertiary/aromatic N) is 1. The van der Waals surface area contributed by atoms with E-state index >= 15 is 0 Å². The summed E-state index contributed by atoms with van der Waals surface area (Å²) in [5.41, 5.74) is 1.85. The number of carbonyl (C=O) groups is 1. The molecule has 0 spiro atoms. The molecule has 0 aromatic heterocycles. The predicted molar refractivity (Wildman–Crippen MR) is 61.9 cm³/mol. The molecule has 1 amide bonds. The van der Waals surface area contributed by atoms with Gasteiger partial charge in [-0.05, 0) is 36.7 Å². The van der Waals surface area contributed by atoms with Crippen molar-refractivity contribution in [1.82, 2.24) is 5.32 Å². The fraction of sp³-hybridized carbons (Fsp3) is 0.417. The van der Waals surface area contributed by atoms with Gasteiger partial charge in [0.25, 0.3) is 0 Å². The van der Waals surface area contributed by atoms with E-state index < -0.39 is 0 Å². The van der Waals surface area contributed by atoms with E-state index in [0.29, 0.717) is 13.1 Å². The van der Waals surface area contributed by atoms with Crippen molar-refractivity contribution in [3.8, 4) is 5.75 Å². The zero-order chi connectivity index (χ0) is 12.3. The molecular formula is C12H15KN2O3. The van der Waals surface area contributed by atoms with E-state index in [-0.39, 0.29) is 76.2 Å². The van der Waals surface area contributed by atoms with Crippen molar-refractivity contribution in [3.05, 3.63) is 23.8 Å². The number of hydrogen-bond donors (Lipinski definition) is 2. The molecule has 0 unspecified atom stereocenters. The molecule has 1 aliphatic rings. The van der Waals surface area contributed by atoms with Gasteiger partial charge in [0.2, 0.25) is 5.91 Å². The molecule has 1 heterocycles. The molecule has 0 radical (unpaired) electrons. The van der Waals surface area contributed by atoms with Gasteiger partial charge >= 0.3 is 51.4 Å². The Morgan fingerprint density at radius 3 is 3.00 bits per heavy atom. The summed E-state index contributed by atoms with van der Waals surface area (Å²) >= 11 is 0. The molecule has 1 aromatic carbocycles. The Labute approximate surface area is 149 Å². The van der Waals surface area contributed by atoms with Gasteiger partial charge in [0.05, 0.1) is 6.54 Å². The van der Waals surface area contributed by atoms with Crippen molar-refractivity contribution in [3.63, 3.8) is 0 Å². The number of benzene rings is 1. The molecule has 92 valence electrons. The first-order chi connectivity index (χ1) is 8.22. The van der Waals surface area contributed by atoms with Crippen LogP contribution >= 0.6 is 0 Å². The van der Waals surface area contributed by atoms with Gasteiger partial charge in [-0.2, -0.15) is 0 Å². The van der Waals surface area contributed by atoms with Gasteiger partial charge in [-0.1, -0.05) is 0 Å². The third kappa shape index (κ3) is 3.77. The van der Waals surface area contributed by atoms with Gasteiger partial charge in [0, 0.05) is 12.2 Å². The summed E-state index contributed by atoms with van der Waals surface area (Å²) < 4.78 is 0. The van der Waals surface area contributed by atoms with Gasteiger partial charge in [0.15, 0.2) is 0 Å². The van der Waals surface area contributed by atoms with E-state index in [1.807, 2.05) is 0 Å². The number of hydrogen-bond acceptors (Lipinski definition) is 4. The van der Waals surface area contributed by atoms with Crippen molar-refractivity contribution in [2.45, 2.75) is 6.42 Å². The number of amides is 1. The van der Waals surface area contributed by atoms with E-state index in [1.165, 1.54) is 0 Å². The topological polar surface area (TPSA) is 75.6 Å². The minimum Gasteiger partial charge on any atom is -0.854 e. The molecule has 2 N–H and O–H groups in total. The van der Waals surface area contributed by atoms with E-state index in [0.717, 1.165) is 17.7 Å². The normalized spacial score (nSPS) is 13.1. The second kappa shape index (κ2) is 7.59. The molecule has 0 saturated carbocycles. The second-order valence-corrected chi connectivity index (χ2v) is 3.99. The van der Waals surface area contributed by atoms with Crippen molar-refractivity contribution in [2.75, 3.05) is 31.1 Å². The van der Waals surface area contributed by atoms with E-state index in [1.54, 1.807) is 23.1 Å². The first-order valence-electron chi connectivity index (χ1n) is 5.63. The Morgan fingerprint density at radius 2 is 2.28 bits per heavy atom. The Bertz CT molecular complexity index is 426. The molecule has 0 aliphatic carbocycles. The van der Waals surface area contributed by atoms with E-state index in [4.69, 9.17) is 0 Å². The predicted octanol–water partition coefficient (Wildman–Crippen LogP) is -3.76. The minimum absolute atomic E-state index is 0. The third-order valence-electron chi connectivity index (χ3n) is 2.81. The smallest absolute Gasteiger partial charge is 0.854 e. The first-order valence-corrected chi connectivity index (χ1v) is 5.63. The third-order valence-corrected chi connectivity index (χ3v) is 2.81. The zero-order valence-electron chi connectivity index (χ0n) is 10.5. The number of carbonyl (C=O) groups excluding carboxylic acids is 1. The first kappa shape index (κ1) is 16.1. The van der Waals surface area contributed by atoms with Crippen LogP contribution in [0.5, 0.6) is 5.75 Å². The SMILES string of the molecule is O=C(CNCC[O-])N1CCc2cc(O)ccc21.[K+]. The van der Waals surface area contributed by atoms with Crippen LogP contribution in [0.4, 0.5) is 5.69 Å². The zero-order valence-corrected chi connectivity index (χ0v) is 13.6. The van der Waals surface area contributed by atoms with Crippen molar-refractivity contribution in [2.24, 2.45) is 0 Å². The van der Waals surface area contributed by atoms with E-state index in [2.05, 4.69) is 5.32 Å². The summed E-state index contributed by atoms with van der Waals surface area (Å²) in [6.45, 7) is 0.902.